The summed E-state index contributed by atoms with van der Waals surface area (Å²) in [5.41, 5.74) is 2.22. The van der Waals surface area contributed by atoms with Crippen LogP contribution in [-0.4, -0.2) is 29.8 Å². The highest BCUT2D eigenvalue weighted by atomic mass is 35.5. The van der Waals surface area contributed by atoms with Crippen molar-refractivity contribution in [1.29, 1.82) is 5.26 Å². The average molecular weight is 525 g/mol. The monoisotopic (exact) mass is 524 g/mol. The molecule has 38 heavy (non-hydrogen) atoms. The Morgan fingerprint density at radius 1 is 0.842 bits per heavy atom. The van der Waals surface area contributed by atoms with Gasteiger partial charge in [0, 0.05) is 22.7 Å². The Labute approximate surface area is 225 Å². The third-order valence-electron chi connectivity index (χ3n) is 6.04. The van der Waals surface area contributed by atoms with Gasteiger partial charge in [-0.15, -0.1) is 0 Å². The zero-order chi connectivity index (χ0) is 27.1. The molecule has 2 atom stereocenters. The van der Waals surface area contributed by atoms with Gasteiger partial charge in [-0.1, -0.05) is 60.1 Å². The maximum atomic E-state index is 13.3. The number of carbonyl (C=O) groups excluding carboxylic acids is 3. The largest absolute Gasteiger partial charge is 0.343 e. The average Bonchev–Trinajstić information content (AvgIpc) is 2.93. The number of hydrogen-bond donors (Lipinski definition) is 3. The van der Waals surface area contributed by atoms with Gasteiger partial charge in [0.25, 0.3) is 5.91 Å². The third kappa shape index (κ3) is 6.55. The number of nitrogens with zero attached hydrogens (tertiary/aromatic N) is 1. The minimum atomic E-state index is -0.972. The van der Waals surface area contributed by atoms with Crippen molar-refractivity contribution < 1.29 is 14.4 Å². The van der Waals surface area contributed by atoms with Crippen molar-refractivity contribution >= 4 is 45.8 Å². The fourth-order valence-electron chi connectivity index (χ4n) is 3.98. The molecule has 0 aliphatic rings. The summed E-state index contributed by atoms with van der Waals surface area (Å²) < 4.78 is 0. The number of rotatable bonds is 8. The summed E-state index contributed by atoms with van der Waals surface area (Å²) in [6.07, 6.45) is 0.166. The second kappa shape index (κ2) is 12.0. The van der Waals surface area contributed by atoms with Crippen LogP contribution in [0.5, 0.6) is 0 Å². The van der Waals surface area contributed by atoms with Crippen LogP contribution in [-0.2, 0) is 16.0 Å². The van der Waals surface area contributed by atoms with Crippen LogP contribution in [0.1, 0.15) is 28.4 Å². The quantitative estimate of drug-likeness (QED) is 0.306. The van der Waals surface area contributed by atoms with Gasteiger partial charge in [-0.3, -0.25) is 14.4 Å². The predicted molar refractivity (Wildman–Crippen MR) is 148 cm³/mol. The first-order valence-electron chi connectivity index (χ1n) is 12.0. The molecule has 3 N–H and O–H groups in total. The van der Waals surface area contributed by atoms with Crippen molar-refractivity contribution in [3.63, 3.8) is 0 Å². The van der Waals surface area contributed by atoms with E-state index in [1.54, 1.807) is 67.6 Å². The molecule has 0 unspecified atom stereocenters. The molecule has 0 aliphatic heterocycles. The number of nitriles is 1. The lowest BCUT2D eigenvalue weighted by atomic mass is 10.0. The van der Waals surface area contributed by atoms with Crippen molar-refractivity contribution in [2.45, 2.75) is 25.4 Å². The number of halogens is 1. The number of anilines is 1. The van der Waals surface area contributed by atoms with Crippen molar-refractivity contribution in [3.05, 3.63) is 113 Å². The molecule has 0 saturated carbocycles. The number of benzene rings is 4. The molecule has 4 aromatic rings. The minimum absolute atomic E-state index is 0.166. The van der Waals surface area contributed by atoms with E-state index in [1.807, 2.05) is 30.3 Å². The predicted octanol–water partition coefficient (Wildman–Crippen LogP) is 4.85. The first-order valence-corrected chi connectivity index (χ1v) is 12.4. The molecule has 0 aromatic heterocycles. The molecule has 0 bridgehead atoms. The number of hydrogen-bond acceptors (Lipinski definition) is 4. The van der Waals surface area contributed by atoms with Crippen molar-refractivity contribution in [1.82, 2.24) is 10.6 Å². The molecule has 4 aromatic carbocycles. The van der Waals surface area contributed by atoms with E-state index in [-0.39, 0.29) is 6.42 Å². The Morgan fingerprint density at radius 2 is 1.53 bits per heavy atom. The topological polar surface area (TPSA) is 111 Å². The number of nitrogens with one attached hydrogen (secondary N) is 3. The van der Waals surface area contributed by atoms with Gasteiger partial charge in [0.2, 0.25) is 11.8 Å². The maximum Gasteiger partial charge on any atom is 0.252 e. The van der Waals surface area contributed by atoms with E-state index in [2.05, 4.69) is 22.0 Å². The van der Waals surface area contributed by atoms with Crippen LogP contribution < -0.4 is 16.0 Å². The molecular weight excluding hydrogens is 500 g/mol. The van der Waals surface area contributed by atoms with Crippen LogP contribution >= 0.6 is 11.6 Å². The normalized spacial score (nSPS) is 12.1. The molecule has 3 amide bonds. The molecule has 7 nitrogen and oxygen atoms in total. The molecule has 0 radical (unpaired) electrons. The van der Waals surface area contributed by atoms with E-state index in [1.165, 1.54) is 0 Å². The summed E-state index contributed by atoms with van der Waals surface area (Å²) >= 11 is 5.90. The molecule has 0 fully saturated rings. The number of fused-ring (bicyclic) bond motifs is 1. The number of carbonyl (C=O) groups is 3. The first-order chi connectivity index (χ1) is 18.3. The summed E-state index contributed by atoms with van der Waals surface area (Å²) in [7, 11) is 0. The van der Waals surface area contributed by atoms with E-state index in [0.717, 1.165) is 16.3 Å². The molecule has 190 valence electrons. The van der Waals surface area contributed by atoms with Crippen LogP contribution in [0.15, 0.2) is 91.0 Å². The summed E-state index contributed by atoms with van der Waals surface area (Å²) in [5, 5.41) is 19.6. The van der Waals surface area contributed by atoms with Gasteiger partial charge in [0.15, 0.2) is 0 Å². The maximum absolute atomic E-state index is 13.3. The standard InChI is InChI=1S/C30H25ClN4O3/c1-19(28(36)34-24-15-13-23(31)14-16-24)33-30(38)27(17-20-9-11-21(18-32)12-10-20)35-29(37)26-8-4-6-22-5-2-3-7-25(22)26/h2-16,19,27H,17H2,1H3,(H,33,38)(H,34,36)(H,35,37)/t19-,27-/m0/s1. The Morgan fingerprint density at radius 3 is 2.24 bits per heavy atom. The van der Waals surface area contributed by atoms with Crippen LogP contribution in [0.3, 0.4) is 0 Å². The Balaban J connectivity index is 1.52. The van der Waals surface area contributed by atoms with Gasteiger partial charge in [-0.05, 0) is 65.7 Å². The first kappa shape index (κ1) is 26.4. The lowest BCUT2D eigenvalue weighted by Gasteiger charge is -2.22. The molecule has 0 aliphatic carbocycles. The van der Waals surface area contributed by atoms with Crippen molar-refractivity contribution in [2.75, 3.05) is 5.32 Å². The lowest BCUT2D eigenvalue weighted by Crippen LogP contribution is -2.52. The Bertz CT molecular complexity index is 1510. The second-order valence-corrected chi connectivity index (χ2v) is 9.23. The van der Waals surface area contributed by atoms with Gasteiger partial charge < -0.3 is 16.0 Å². The van der Waals surface area contributed by atoms with Crippen LogP contribution in [0.2, 0.25) is 5.02 Å². The zero-order valence-corrected chi connectivity index (χ0v) is 21.3. The van der Waals surface area contributed by atoms with Gasteiger partial charge in [-0.2, -0.15) is 5.26 Å². The molecule has 0 heterocycles. The summed E-state index contributed by atoms with van der Waals surface area (Å²) in [6, 6.07) is 26.5. The second-order valence-electron chi connectivity index (χ2n) is 8.79. The molecule has 0 spiro atoms. The van der Waals surface area contributed by atoms with E-state index in [0.29, 0.717) is 21.8 Å². The van der Waals surface area contributed by atoms with Crippen molar-refractivity contribution in [3.8, 4) is 6.07 Å². The van der Waals surface area contributed by atoms with E-state index < -0.39 is 29.8 Å². The van der Waals surface area contributed by atoms with E-state index in [4.69, 9.17) is 16.9 Å². The smallest absolute Gasteiger partial charge is 0.252 e. The molecule has 4 rings (SSSR count). The fourth-order valence-corrected chi connectivity index (χ4v) is 4.11. The van der Waals surface area contributed by atoms with E-state index >= 15 is 0 Å². The van der Waals surface area contributed by atoms with Gasteiger partial charge in [-0.25, -0.2) is 0 Å². The third-order valence-corrected chi connectivity index (χ3v) is 6.29. The SMILES string of the molecule is C[C@H](NC(=O)[C@H](Cc1ccc(C#N)cc1)NC(=O)c1cccc2ccccc12)C(=O)Nc1ccc(Cl)cc1. The Hall–Kier alpha value is -4.67. The number of amides is 3. The molecule has 0 saturated heterocycles. The van der Waals surface area contributed by atoms with Crippen LogP contribution in [0.4, 0.5) is 5.69 Å². The lowest BCUT2D eigenvalue weighted by molar-refractivity contribution is -0.127. The summed E-state index contributed by atoms with van der Waals surface area (Å²) in [5.74, 6) is -1.34. The van der Waals surface area contributed by atoms with Gasteiger partial charge >= 0.3 is 0 Å². The van der Waals surface area contributed by atoms with Crippen molar-refractivity contribution in [2.24, 2.45) is 0 Å². The Kier molecular flexibility index (Phi) is 8.37. The molecule has 8 heteroatoms. The molecular formula is C30H25ClN4O3. The van der Waals surface area contributed by atoms with Crippen LogP contribution in [0.25, 0.3) is 10.8 Å². The zero-order valence-electron chi connectivity index (χ0n) is 20.6. The van der Waals surface area contributed by atoms with E-state index in [9.17, 15) is 14.4 Å². The van der Waals surface area contributed by atoms with Crippen LogP contribution in [0, 0.1) is 11.3 Å². The summed E-state index contributed by atoms with van der Waals surface area (Å²) in [4.78, 5) is 39.4. The van der Waals surface area contributed by atoms with Gasteiger partial charge in [0.05, 0.1) is 11.6 Å². The fraction of sp³-hybridized carbons (Fsp3) is 0.133. The minimum Gasteiger partial charge on any atom is -0.343 e. The highest BCUT2D eigenvalue weighted by Gasteiger charge is 2.26. The highest BCUT2D eigenvalue weighted by Crippen LogP contribution is 2.19. The highest BCUT2D eigenvalue weighted by molar-refractivity contribution is 6.30. The summed E-state index contributed by atoms with van der Waals surface area (Å²) in [6.45, 7) is 1.56. The van der Waals surface area contributed by atoms with Gasteiger partial charge in [0.1, 0.15) is 12.1 Å².